The Kier molecular flexibility index (Phi) is 7.47. The van der Waals surface area contributed by atoms with Crippen molar-refractivity contribution in [2.24, 2.45) is 5.73 Å². The molecule has 41 heavy (non-hydrogen) atoms. The van der Waals surface area contributed by atoms with Gasteiger partial charge in [-0.3, -0.25) is 9.52 Å². The minimum atomic E-state index is -3.60. The Morgan fingerprint density at radius 3 is 2.51 bits per heavy atom. The van der Waals surface area contributed by atoms with Gasteiger partial charge < -0.3 is 25.3 Å². The quantitative estimate of drug-likeness (QED) is 0.435. The van der Waals surface area contributed by atoms with E-state index < -0.39 is 10.0 Å². The lowest BCUT2D eigenvalue weighted by atomic mass is 9.98. The van der Waals surface area contributed by atoms with E-state index >= 15 is 0 Å². The maximum atomic E-state index is 14.0. The lowest BCUT2D eigenvalue weighted by molar-refractivity contribution is 0.0607. The van der Waals surface area contributed by atoms with Gasteiger partial charge in [-0.15, -0.1) is 0 Å². The van der Waals surface area contributed by atoms with Gasteiger partial charge in [-0.1, -0.05) is 11.6 Å². The number of carbonyl (C=O) groups is 1. The zero-order chi connectivity index (χ0) is 28.9. The summed E-state index contributed by atoms with van der Waals surface area (Å²) in [4.78, 5) is 27.5. The van der Waals surface area contributed by atoms with Gasteiger partial charge >= 0.3 is 0 Å². The highest BCUT2D eigenvalue weighted by molar-refractivity contribution is 7.92. The van der Waals surface area contributed by atoms with Gasteiger partial charge in [-0.2, -0.15) is 9.61 Å². The van der Waals surface area contributed by atoms with Gasteiger partial charge in [0.1, 0.15) is 11.6 Å². The standard InChI is InChI=1S/C27H36ClN9O3S/c1-33-9-11-34(12-10-33)26-15-24(35-16-19(29)17-35)30-25-14-22(31-37(25)26)23-5-3-4-8-36(23)27(38)20-13-18(28)6-7-21(20)32-41(2,39)40/h6-7,13-15,19,23,32H,3-5,8-12,16-17,29H2,1-2H3/t23-/m1/s1. The molecule has 2 aromatic heterocycles. The van der Waals surface area contributed by atoms with E-state index in [1.807, 2.05) is 10.6 Å². The van der Waals surface area contributed by atoms with Crippen LogP contribution < -0.4 is 20.3 Å². The normalized spacial score (nSPS) is 20.9. The van der Waals surface area contributed by atoms with Gasteiger partial charge in [0, 0.05) is 69.0 Å². The summed E-state index contributed by atoms with van der Waals surface area (Å²) >= 11 is 6.25. The number of carbonyl (C=O) groups excluding carboxylic acids is 1. The number of amides is 1. The molecule has 12 nitrogen and oxygen atoms in total. The minimum absolute atomic E-state index is 0.149. The molecule has 0 aliphatic carbocycles. The Bertz CT molecular complexity index is 1570. The van der Waals surface area contributed by atoms with Crippen LogP contribution in [0, 0.1) is 0 Å². The Labute approximate surface area is 245 Å². The summed E-state index contributed by atoms with van der Waals surface area (Å²) in [5.41, 5.74) is 7.99. The second-order valence-corrected chi connectivity index (χ2v) is 13.5. The van der Waals surface area contributed by atoms with Gasteiger partial charge in [0.15, 0.2) is 5.65 Å². The number of hydrogen-bond acceptors (Lipinski definition) is 9. The van der Waals surface area contributed by atoms with Crippen molar-refractivity contribution in [2.45, 2.75) is 31.3 Å². The molecule has 3 saturated heterocycles. The molecule has 0 bridgehead atoms. The monoisotopic (exact) mass is 601 g/mol. The second-order valence-electron chi connectivity index (χ2n) is 11.3. The molecule has 5 heterocycles. The summed E-state index contributed by atoms with van der Waals surface area (Å²) in [5, 5.41) is 5.39. The molecule has 1 amide bonds. The van der Waals surface area contributed by atoms with Crippen molar-refractivity contribution in [1.29, 1.82) is 0 Å². The largest absolute Gasteiger partial charge is 0.354 e. The summed E-state index contributed by atoms with van der Waals surface area (Å²) < 4.78 is 28.4. The van der Waals surface area contributed by atoms with Crippen LogP contribution in [0.3, 0.4) is 0 Å². The number of halogens is 1. The van der Waals surface area contributed by atoms with Gasteiger partial charge in [-0.05, 0) is 44.5 Å². The number of nitrogens with zero attached hydrogens (tertiary/aromatic N) is 7. The zero-order valence-electron chi connectivity index (χ0n) is 23.3. The first-order valence-electron chi connectivity index (χ1n) is 14.0. The van der Waals surface area contributed by atoms with E-state index in [1.165, 1.54) is 12.1 Å². The molecular formula is C27H36ClN9O3S. The number of sulfonamides is 1. The third-order valence-corrected chi connectivity index (χ3v) is 8.91. The molecule has 3 fully saturated rings. The molecule has 1 atom stereocenters. The highest BCUT2D eigenvalue weighted by atomic mass is 35.5. The molecule has 3 N–H and O–H groups in total. The number of benzene rings is 1. The van der Waals surface area contributed by atoms with Crippen LogP contribution in [0.25, 0.3) is 5.65 Å². The van der Waals surface area contributed by atoms with Crippen LogP contribution in [0.15, 0.2) is 30.3 Å². The fraction of sp³-hybridized carbons (Fsp3) is 0.519. The summed E-state index contributed by atoms with van der Waals surface area (Å²) in [5.74, 6) is 1.57. The highest BCUT2D eigenvalue weighted by Crippen LogP contribution is 2.35. The predicted molar refractivity (Wildman–Crippen MR) is 160 cm³/mol. The molecule has 3 aliphatic heterocycles. The third kappa shape index (κ3) is 5.81. The van der Waals surface area contributed by atoms with Gasteiger partial charge in [-0.25, -0.2) is 13.4 Å². The molecule has 0 saturated carbocycles. The number of nitrogens with two attached hydrogens (primary N) is 1. The van der Waals surface area contributed by atoms with Gasteiger partial charge in [0.05, 0.1) is 29.2 Å². The van der Waals surface area contributed by atoms with Crippen LogP contribution in [0.2, 0.25) is 5.02 Å². The minimum Gasteiger partial charge on any atom is -0.354 e. The number of piperidine rings is 1. The molecule has 0 unspecified atom stereocenters. The molecule has 0 spiro atoms. The van der Waals surface area contributed by atoms with Crippen molar-refractivity contribution in [3.63, 3.8) is 0 Å². The van der Waals surface area contributed by atoms with Crippen LogP contribution in [-0.2, 0) is 10.0 Å². The van der Waals surface area contributed by atoms with E-state index in [-0.39, 0.29) is 29.2 Å². The molecule has 0 radical (unpaired) electrons. The van der Waals surface area contributed by atoms with Gasteiger partial charge in [0.2, 0.25) is 10.0 Å². The van der Waals surface area contributed by atoms with Crippen molar-refractivity contribution in [2.75, 3.05) is 73.6 Å². The van der Waals surface area contributed by atoms with E-state index in [2.05, 4.69) is 32.5 Å². The zero-order valence-corrected chi connectivity index (χ0v) is 24.9. The summed E-state index contributed by atoms with van der Waals surface area (Å²) in [6.07, 6.45) is 3.59. The topological polar surface area (TPSA) is 132 Å². The molecule has 1 aromatic carbocycles. The number of anilines is 3. The van der Waals surface area contributed by atoms with Crippen molar-refractivity contribution < 1.29 is 13.2 Å². The first-order valence-corrected chi connectivity index (χ1v) is 16.3. The first-order chi connectivity index (χ1) is 19.6. The first kappa shape index (κ1) is 28.0. The van der Waals surface area contributed by atoms with Crippen molar-refractivity contribution in [3.8, 4) is 0 Å². The fourth-order valence-electron chi connectivity index (χ4n) is 5.87. The number of aromatic nitrogens is 3. The second kappa shape index (κ2) is 10.9. The number of fused-ring (bicyclic) bond motifs is 1. The average molecular weight is 602 g/mol. The third-order valence-electron chi connectivity index (χ3n) is 8.09. The lowest BCUT2D eigenvalue weighted by Gasteiger charge is -2.39. The molecule has 3 aliphatic rings. The SMILES string of the molecule is CN1CCN(c2cc(N3CC(N)C3)nc3cc([C@H]4CCCCN4C(=O)c4cc(Cl)ccc4NS(C)(=O)=O)nn23)CC1. The fourth-order valence-corrected chi connectivity index (χ4v) is 6.62. The van der Waals surface area contributed by atoms with E-state index in [0.29, 0.717) is 11.6 Å². The summed E-state index contributed by atoms with van der Waals surface area (Å²) in [6, 6.07) is 8.54. The van der Waals surface area contributed by atoms with Crippen molar-refractivity contribution >= 4 is 50.5 Å². The maximum absolute atomic E-state index is 14.0. The lowest BCUT2D eigenvalue weighted by Crippen LogP contribution is -2.56. The number of hydrogen-bond donors (Lipinski definition) is 2. The summed E-state index contributed by atoms with van der Waals surface area (Å²) in [6.45, 7) is 5.72. The Morgan fingerprint density at radius 1 is 1.05 bits per heavy atom. The average Bonchev–Trinajstić information content (AvgIpc) is 3.35. The maximum Gasteiger partial charge on any atom is 0.256 e. The number of rotatable bonds is 6. The highest BCUT2D eigenvalue weighted by Gasteiger charge is 2.33. The summed E-state index contributed by atoms with van der Waals surface area (Å²) in [7, 11) is -1.47. The molecule has 3 aromatic rings. The number of nitrogens with one attached hydrogen (secondary N) is 1. The number of likely N-dealkylation sites (tertiary alicyclic amines) is 1. The van der Waals surface area contributed by atoms with Gasteiger partial charge in [0.25, 0.3) is 5.91 Å². The van der Waals surface area contributed by atoms with E-state index in [0.717, 1.165) is 87.8 Å². The van der Waals surface area contributed by atoms with Crippen LogP contribution >= 0.6 is 11.6 Å². The van der Waals surface area contributed by atoms with E-state index in [4.69, 9.17) is 27.4 Å². The van der Waals surface area contributed by atoms with Crippen LogP contribution in [0.5, 0.6) is 0 Å². The molecular weight excluding hydrogens is 566 g/mol. The predicted octanol–water partition coefficient (Wildman–Crippen LogP) is 2.02. The Morgan fingerprint density at radius 2 is 1.80 bits per heavy atom. The smallest absolute Gasteiger partial charge is 0.256 e. The Balaban J connectivity index is 1.38. The van der Waals surface area contributed by atoms with Crippen LogP contribution in [0.4, 0.5) is 17.3 Å². The van der Waals surface area contributed by atoms with E-state index in [1.54, 1.807) is 11.0 Å². The van der Waals surface area contributed by atoms with Crippen molar-refractivity contribution in [1.82, 2.24) is 24.4 Å². The molecule has 6 rings (SSSR count). The van der Waals surface area contributed by atoms with Crippen molar-refractivity contribution in [3.05, 3.63) is 46.6 Å². The Hall–Kier alpha value is -3.13. The van der Waals surface area contributed by atoms with Crippen LogP contribution in [0.1, 0.15) is 41.4 Å². The molecule has 220 valence electrons. The van der Waals surface area contributed by atoms with E-state index in [9.17, 15) is 13.2 Å². The van der Waals surface area contributed by atoms with Crippen LogP contribution in [-0.4, -0.2) is 104 Å². The number of piperazine rings is 1. The molecule has 14 heteroatoms. The number of likely N-dealkylation sites (N-methyl/N-ethyl adjacent to an activating group) is 1.